The fourth-order valence-corrected chi connectivity index (χ4v) is 0.798. The summed E-state index contributed by atoms with van der Waals surface area (Å²) >= 11 is 0. The summed E-state index contributed by atoms with van der Waals surface area (Å²) < 4.78 is 0. The van der Waals surface area contributed by atoms with Gasteiger partial charge in [0.05, 0.1) is 25.1 Å². The second-order valence-corrected chi connectivity index (χ2v) is 2.38. The lowest BCUT2D eigenvalue weighted by Crippen LogP contribution is -2.31. The highest BCUT2D eigenvalue weighted by atomic mass is 16.1. The number of amides is 1. The van der Waals surface area contributed by atoms with Crippen molar-refractivity contribution in [1.82, 2.24) is 20.6 Å². The highest BCUT2D eigenvalue weighted by Crippen LogP contribution is 1.87. The Kier molecular flexibility index (Phi) is 3.28. The van der Waals surface area contributed by atoms with E-state index in [-0.39, 0.29) is 5.91 Å². The molecule has 0 aliphatic heterocycles. The van der Waals surface area contributed by atoms with Crippen LogP contribution in [0, 0.1) is 0 Å². The van der Waals surface area contributed by atoms with Gasteiger partial charge in [0.15, 0.2) is 0 Å². The Hall–Kier alpha value is -1.36. The number of rotatable bonds is 4. The van der Waals surface area contributed by atoms with Crippen LogP contribution in [0.4, 0.5) is 0 Å². The second kappa shape index (κ2) is 4.50. The van der Waals surface area contributed by atoms with Gasteiger partial charge in [0.2, 0.25) is 5.91 Å². The molecule has 0 radical (unpaired) electrons. The van der Waals surface area contributed by atoms with Crippen LogP contribution in [-0.2, 0) is 11.3 Å². The van der Waals surface area contributed by atoms with E-state index in [0.29, 0.717) is 13.1 Å². The second-order valence-electron chi connectivity index (χ2n) is 2.38. The van der Waals surface area contributed by atoms with Gasteiger partial charge in [0.1, 0.15) is 0 Å². The van der Waals surface area contributed by atoms with Crippen LogP contribution in [0.25, 0.3) is 0 Å². The Morgan fingerprint density at radius 3 is 3.17 bits per heavy atom. The number of imidazole rings is 1. The van der Waals surface area contributed by atoms with E-state index >= 15 is 0 Å². The van der Waals surface area contributed by atoms with E-state index in [4.69, 9.17) is 0 Å². The van der Waals surface area contributed by atoms with E-state index in [1.807, 2.05) is 0 Å². The molecule has 12 heavy (non-hydrogen) atoms. The molecule has 5 heteroatoms. The monoisotopic (exact) mass is 168 g/mol. The van der Waals surface area contributed by atoms with Gasteiger partial charge in [-0.15, -0.1) is 0 Å². The average molecular weight is 168 g/mol. The van der Waals surface area contributed by atoms with E-state index in [9.17, 15) is 4.79 Å². The summed E-state index contributed by atoms with van der Waals surface area (Å²) in [6.45, 7) is 0.842. The maximum Gasteiger partial charge on any atom is 0.234 e. The van der Waals surface area contributed by atoms with Crippen molar-refractivity contribution in [2.24, 2.45) is 0 Å². The van der Waals surface area contributed by atoms with E-state index < -0.39 is 0 Å². The molecule has 0 saturated carbocycles. The molecule has 1 amide bonds. The fraction of sp³-hybridized carbons (Fsp3) is 0.429. The molecule has 0 aromatic carbocycles. The van der Waals surface area contributed by atoms with E-state index in [0.717, 1.165) is 5.69 Å². The minimum atomic E-state index is -0.0212. The molecule has 3 N–H and O–H groups in total. The van der Waals surface area contributed by atoms with Gasteiger partial charge in [0, 0.05) is 6.20 Å². The molecule has 1 rings (SSSR count). The van der Waals surface area contributed by atoms with Gasteiger partial charge in [-0.2, -0.15) is 0 Å². The lowest BCUT2D eigenvalue weighted by molar-refractivity contribution is -0.120. The van der Waals surface area contributed by atoms with E-state index in [1.165, 1.54) is 0 Å². The molecule has 0 saturated heterocycles. The van der Waals surface area contributed by atoms with Crippen LogP contribution >= 0.6 is 0 Å². The summed E-state index contributed by atoms with van der Waals surface area (Å²) in [5.41, 5.74) is 0.902. The van der Waals surface area contributed by atoms with Gasteiger partial charge in [-0.05, 0) is 7.05 Å². The zero-order chi connectivity index (χ0) is 8.81. The SMILES string of the molecule is CNCC(=O)NCc1cnc[nH]1. The Bertz CT molecular complexity index is 232. The topological polar surface area (TPSA) is 69.8 Å². The lowest BCUT2D eigenvalue weighted by atomic mass is 10.4. The number of hydrogen-bond donors (Lipinski definition) is 3. The minimum absolute atomic E-state index is 0.0212. The van der Waals surface area contributed by atoms with Crippen molar-refractivity contribution in [3.63, 3.8) is 0 Å². The molecule has 0 aliphatic rings. The molecule has 1 aromatic heterocycles. The first-order valence-electron chi connectivity index (χ1n) is 3.71. The largest absolute Gasteiger partial charge is 0.349 e. The number of carbonyl (C=O) groups excluding carboxylic acids is 1. The summed E-state index contributed by atoms with van der Waals surface area (Å²) in [5.74, 6) is -0.0212. The molecule has 0 aliphatic carbocycles. The van der Waals surface area contributed by atoms with Gasteiger partial charge >= 0.3 is 0 Å². The lowest BCUT2D eigenvalue weighted by Gasteiger charge is -2.01. The molecule has 0 fully saturated rings. The summed E-state index contributed by atoms with van der Waals surface area (Å²) in [6, 6.07) is 0. The molecule has 5 nitrogen and oxygen atoms in total. The third kappa shape index (κ3) is 2.71. The van der Waals surface area contributed by atoms with E-state index in [2.05, 4.69) is 20.6 Å². The number of aromatic amines is 1. The third-order valence-corrected chi connectivity index (χ3v) is 1.37. The van der Waals surface area contributed by atoms with Crippen molar-refractivity contribution in [3.05, 3.63) is 18.2 Å². The minimum Gasteiger partial charge on any atom is -0.349 e. The Balaban J connectivity index is 2.22. The van der Waals surface area contributed by atoms with Crippen LogP contribution in [0.2, 0.25) is 0 Å². The summed E-state index contributed by atoms with van der Waals surface area (Å²) in [7, 11) is 1.73. The van der Waals surface area contributed by atoms with Crippen molar-refractivity contribution in [2.45, 2.75) is 6.54 Å². The molecule has 1 heterocycles. The smallest absolute Gasteiger partial charge is 0.234 e. The molecule has 0 bridgehead atoms. The quantitative estimate of drug-likeness (QED) is 0.553. The zero-order valence-electron chi connectivity index (χ0n) is 6.92. The van der Waals surface area contributed by atoms with E-state index in [1.54, 1.807) is 19.6 Å². The standard InChI is InChI=1S/C7H12N4O/c1-8-4-7(12)10-3-6-2-9-5-11-6/h2,5,8H,3-4H2,1H3,(H,9,11)(H,10,12). The number of H-pyrrole nitrogens is 1. The summed E-state index contributed by atoms with van der Waals surface area (Å²) in [6.07, 6.45) is 3.26. The van der Waals surface area contributed by atoms with Crippen molar-refractivity contribution >= 4 is 5.91 Å². The maximum absolute atomic E-state index is 10.9. The normalized spacial score (nSPS) is 9.75. The van der Waals surface area contributed by atoms with Crippen LogP contribution in [-0.4, -0.2) is 29.5 Å². The van der Waals surface area contributed by atoms with Crippen molar-refractivity contribution < 1.29 is 4.79 Å². The number of likely N-dealkylation sites (N-methyl/N-ethyl adjacent to an activating group) is 1. The molecule has 0 spiro atoms. The number of carbonyl (C=O) groups is 1. The van der Waals surface area contributed by atoms with Crippen LogP contribution in [0.5, 0.6) is 0 Å². The number of nitrogens with one attached hydrogen (secondary N) is 3. The molecule has 66 valence electrons. The Labute approximate surface area is 70.6 Å². The van der Waals surface area contributed by atoms with Gasteiger partial charge < -0.3 is 15.6 Å². The zero-order valence-corrected chi connectivity index (χ0v) is 6.92. The van der Waals surface area contributed by atoms with Gasteiger partial charge in [-0.3, -0.25) is 4.79 Å². The third-order valence-electron chi connectivity index (χ3n) is 1.37. The number of aromatic nitrogens is 2. The predicted octanol–water partition coefficient (Wildman–Crippen LogP) is -0.755. The first-order chi connectivity index (χ1) is 5.83. The van der Waals surface area contributed by atoms with Crippen molar-refractivity contribution in [3.8, 4) is 0 Å². The molecule has 0 unspecified atom stereocenters. The fourth-order valence-electron chi connectivity index (χ4n) is 0.798. The highest BCUT2D eigenvalue weighted by Gasteiger charge is 1.98. The number of hydrogen-bond acceptors (Lipinski definition) is 3. The first kappa shape index (κ1) is 8.73. The molecule has 1 aromatic rings. The van der Waals surface area contributed by atoms with Gasteiger partial charge in [-0.1, -0.05) is 0 Å². The van der Waals surface area contributed by atoms with Crippen LogP contribution in [0.3, 0.4) is 0 Å². The molecular weight excluding hydrogens is 156 g/mol. The predicted molar refractivity (Wildman–Crippen MR) is 44.4 cm³/mol. The van der Waals surface area contributed by atoms with Crippen molar-refractivity contribution in [1.29, 1.82) is 0 Å². The average Bonchev–Trinajstić information content (AvgIpc) is 2.53. The summed E-state index contributed by atoms with van der Waals surface area (Å²) in [4.78, 5) is 17.6. The Morgan fingerprint density at radius 2 is 2.58 bits per heavy atom. The number of nitrogens with zero attached hydrogens (tertiary/aromatic N) is 1. The van der Waals surface area contributed by atoms with Crippen LogP contribution in [0.1, 0.15) is 5.69 Å². The van der Waals surface area contributed by atoms with Gasteiger partial charge in [-0.25, -0.2) is 4.98 Å². The Morgan fingerprint density at radius 1 is 1.75 bits per heavy atom. The summed E-state index contributed by atoms with van der Waals surface area (Å²) in [5, 5.41) is 5.47. The van der Waals surface area contributed by atoms with Crippen molar-refractivity contribution in [2.75, 3.05) is 13.6 Å². The first-order valence-corrected chi connectivity index (χ1v) is 3.71. The van der Waals surface area contributed by atoms with Crippen LogP contribution < -0.4 is 10.6 Å². The van der Waals surface area contributed by atoms with Crippen LogP contribution in [0.15, 0.2) is 12.5 Å². The van der Waals surface area contributed by atoms with Gasteiger partial charge in [0.25, 0.3) is 0 Å². The highest BCUT2D eigenvalue weighted by molar-refractivity contribution is 5.77. The maximum atomic E-state index is 10.9. The molecule has 0 atom stereocenters. The molecular formula is C7H12N4O.